The van der Waals surface area contributed by atoms with E-state index in [-0.39, 0.29) is 5.90 Å². The third-order valence-corrected chi connectivity index (χ3v) is 0.327. The number of hydrogen-bond donors (Lipinski definition) is 1. The van der Waals surface area contributed by atoms with Crippen LogP contribution in [0.3, 0.4) is 0 Å². The van der Waals surface area contributed by atoms with E-state index in [1.165, 1.54) is 7.11 Å². The SMILES string of the molecule is COC(=N)C=O. The molecule has 0 aliphatic carbocycles. The average molecular weight is 87.1 g/mol. The summed E-state index contributed by atoms with van der Waals surface area (Å²) >= 11 is 0. The van der Waals surface area contributed by atoms with E-state index in [2.05, 4.69) is 4.74 Å². The van der Waals surface area contributed by atoms with Crippen molar-refractivity contribution in [2.45, 2.75) is 0 Å². The fraction of sp³-hybridized carbons (Fsp3) is 0.333. The minimum Gasteiger partial charge on any atom is -0.479 e. The summed E-state index contributed by atoms with van der Waals surface area (Å²) in [5.74, 6) is -0.338. The van der Waals surface area contributed by atoms with Crippen LogP contribution in [0.2, 0.25) is 0 Å². The largest absolute Gasteiger partial charge is 0.479 e. The fourth-order valence-corrected chi connectivity index (χ4v) is 0.0481. The third kappa shape index (κ3) is 1.46. The number of ether oxygens (including phenoxy) is 1. The van der Waals surface area contributed by atoms with Crippen LogP contribution < -0.4 is 0 Å². The maximum Gasteiger partial charge on any atom is 0.246 e. The number of methoxy groups -OCH3 is 1. The molecule has 34 valence electrons. The first kappa shape index (κ1) is 5.14. The first-order valence-electron chi connectivity index (χ1n) is 1.39. The predicted molar refractivity (Wildman–Crippen MR) is 20.8 cm³/mol. The number of carbonyl (C=O) groups excluding carboxylic acids is 1. The Hall–Kier alpha value is -0.860. The maximum absolute atomic E-state index is 9.39. The molecular formula is C3H5NO2. The summed E-state index contributed by atoms with van der Waals surface area (Å²) in [6, 6.07) is 0. The Bertz CT molecular complexity index is 69.2. The molecule has 3 nitrogen and oxygen atoms in total. The Morgan fingerprint density at radius 3 is 2.50 bits per heavy atom. The highest BCUT2D eigenvalue weighted by Crippen LogP contribution is 1.59. The van der Waals surface area contributed by atoms with Gasteiger partial charge in [0.2, 0.25) is 12.2 Å². The van der Waals surface area contributed by atoms with Gasteiger partial charge in [0, 0.05) is 0 Å². The van der Waals surface area contributed by atoms with Crippen LogP contribution in [0.5, 0.6) is 0 Å². The molecule has 1 N–H and O–H groups in total. The van der Waals surface area contributed by atoms with Gasteiger partial charge in [-0.3, -0.25) is 10.2 Å². The summed E-state index contributed by atoms with van der Waals surface area (Å²) in [4.78, 5) is 9.39. The zero-order valence-electron chi connectivity index (χ0n) is 3.39. The highest BCUT2D eigenvalue weighted by atomic mass is 16.5. The van der Waals surface area contributed by atoms with Gasteiger partial charge >= 0.3 is 0 Å². The van der Waals surface area contributed by atoms with Crippen LogP contribution in [0.1, 0.15) is 0 Å². The molecule has 0 fully saturated rings. The number of aldehydes is 1. The molecular weight excluding hydrogens is 82.0 g/mol. The minimum absolute atomic E-state index is 0.333. The molecule has 0 saturated heterocycles. The van der Waals surface area contributed by atoms with Crippen molar-refractivity contribution in [1.29, 1.82) is 5.41 Å². The molecule has 0 bridgehead atoms. The van der Waals surface area contributed by atoms with Crippen molar-refractivity contribution in [2.75, 3.05) is 7.11 Å². The molecule has 3 heteroatoms. The van der Waals surface area contributed by atoms with E-state index in [9.17, 15) is 4.79 Å². The second kappa shape index (κ2) is 2.38. The summed E-state index contributed by atoms with van der Waals surface area (Å²) in [5, 5.41) is 6.40. The van der Waals surface area contributed by atoms with Crippen LogP contribution in [0, 0.1) is 5.41 Å². The maximum atomic E-state index is 9.39. The van der Waals surface area contributed by atoms with Gasteiger partial charge in [0.05, 0.1) is 7.11 Å². The van der Waals surface area contributed by atoms with Crippen molar-refractivity contribution in [1.82, 2.24) is 0 Å². The second-order valence-electron chi connectivity index (χ2n) is 0.686. The molecule has 0 spiro atoms. The molecule has 0 amide bonds. The standard InChI is InChI=1S/C3H5NO2/c1-6-3(4)2-5/h2,4H,1H3. The number of carbonyl (C=O) groups is 1. The third-order valence-electron chi connectivity index (χ3n) is 0.327. The molecule has 0 saturated carbocycles. The van der Waals surface area contributed by atoms with Gasteiger partial charge in [-0.15, -0.1) is 0 Å². The van der Waals surface area contributed by atoms with Gasteiger partial charge in [-0.1, -0.05) is 0 Å². The first-order chi connectivity index (χ1) is 2.81. The van der Waals surface area contributed by atoms with Gasteiger partial charge in [0.15, 0.2) is 0 Å². The van der Waals surface area contributed by atoms with Crippen molar-refractivity contribution in [3.8, 4) is 0 Å². The lowest BCUT2D eigenvalue weighted by Crippen LogP contribution is -1.97. The number of nitrogens with one attached hydrogen (secondary N) is 1. The van der Waals surface area contributed by atoms with E-state index in [0.29, 0.717) is 6.29 Å². The van der Waals surface area contributed by atoms with Gasteiger partial charge in [0.25, 0.3) is 0 Å². The van der Waals surface area contributed by atoms with Crippen molar-refractivity contribution in [2.24, 2.45) is 0 Å². The average Bonchev–Trinajstić information content (AvgIpc) is 1.65. The summed E-state index contributed by atoms with van der Waals surface area (Å²) < 4.78 is 4.11. The smallest absolute Gasteiger partial charge is 0.246 e. The van der Waals surface area contributed by atoms with E-state index >= 15 is 0 Å². The van der Waals surface area contributed by atoms with Gasteiger partial charge in [-0.05, 0) is 0 Å². The normalized spacial score (nSPS) is 6.83. The van der Waals surface area contributed by atoms with Crippen LogP contribution in [-0.4, -0.2) is 19.3 Å². The van der Waals surface area contributed by atoms with E-state index in [1.54, 1.807) is 0 Å². The molecule has 0 aromatic heterocycles. The Kier molecular flexibility index (Phi) is 2.04. The van der Waals surface area contributed by atoms with Crippen LogP contribution in [0.15, 0.2) is 0 Å². The lowest BCUT2D eigenvalue weighted by Gasteiger charge is -1.84. The van der Waals surface area contributed by atoms with Crippen LogP contribution in [0.25, 0.3) is 0 Å². The Morgan fingerprint density at radius 2 is 2.50 bits per heavy atom. The first-order valence-corrected chi connectivity index (χ1v) is 1.39. The summed E-state index contributed by atoms with van der Waals surface area (Å²) in [6.07, 6.45) is 0.333. The topological polar surface area (TPSA) is 50.1 Å². The quantitative estimate of drug-likeness (QED) is 0.274. The highest BCUT2D eigenvalue weighted by molar-refractivity contribution is 6.21. The van der Waals surface area contributed by atoms with Gasteiger partial charge in [0.1, 0.15) is 0 Å². The summed E-state index contributed by atoms with van der Waals surface area (Å²) in [7, 11) is 1.27. The van der Waals surface area contributed by atoms with Gasteiger partial charge in [-0.2, -0.15) is 0 Å². The van der Waals surface area contributed by atoms with Crippen molar-refractivity contribution in [3.63, 3.8) is 0 Å². The molecule has 0 heterocycles. The molecule has 0 aromatic rings. The predicted octanol–water partition coefficient (Wildman–Crippen LogP) is -0.191. The van der Waals surface area contributed by atoms with Crippen molar-refractivity contribution in [3.05, 3.63) is 0 Å². The van der Waals surface area contributed by atoms with Gasteiger partial charge in [-0.25, -0.2) is 0 Å². The second-order valence-corrected chi connectivity index (χ2v) is 0.686. The van der Waals surface area contributed by atoms with Gasteiger partial charge < -0.3 is 4.74 Å². The van der Waals surface area contributed by atoms with E-state index < -0.39 is 0 Å². The zero-order valence-corrected chi connectivity index (χ0v) is 3.39. The van der Waals surface area contributed by atoms with E-state index in [1.807, 2.05) is 0 Å². The Labute approximate surface area is 35.4 Å². The molecule has 0 aliphatic rings. The Morgan fingerprint density at radius 1 is 2.00 bits per heavy atom. The molecule has 0 radical (unpaired) electrons. The highest BCUT2D eigenvalue weighted by Gasteiger charge is 1.81. The molecule has 0 atom stereocenters. The molecule has 0 unspecified atom stereocenters. The Balaban J connectivity index is 3.23. The lowest BCUT2D eigenvalue weighted by atomic mass is 10.8. The van der Waals surface area contributed by atoms with E-state index in [4.69, 9.17) is 5.41 Å². The zero-order chi connectivity index (χ0) is 4.99. The number of rotatable bonds is 1. The summed E-state index contributed by atoms with van der Waals surface area (Å²) in [5.41, 5.74) is 0. The molecule has 0 aromatic carbocycles. The van der Waals surface area contributed by atoms with Crippen molar-refractivity contribution >= 4 is 12.2 Å². The van der Waals surface area contributed by atoms with Crippen LogP contribution in [0.4, 0.5) is 0 Å². The number of hydrogen-bond acceptors (Lipinski definition) is 3. The molecule has 6 heavy (non-hydrogen) atoms. The van der Waals surface area contributed by atoms with E-state index in [0.717, 1.165) is 0 Å². The minimum atomic E-state index is -0.338. The van der Waals surface area contributed by atoms with Crippen molar-refractivity contribution < 1.29 is 9.53 Å². The lowest BCUT2D eigenvalue weighted by molar-refractivity contribution is -0.103. The fourth-order valence-electron chi connectivity index (χ4n) is 0.0481. The monoisotopic (exact) mass is 87.0 g/mol. The van der Waals surface area contributed by atoms with Crippen LogP contribution in [-0.2, 0) is 9.53 Å². The van der Waals surface area contributed by atoms with Crippen LogP contribution >= 0.6 is 0 Å². The summed E-state index contributed by atoms with van der Waals surface area (Å²) in [6.45, 7) is 0. The molecule has 0 rings (SSSR count). The molecule has 0 aliphatic heterocycles.